The Labute approximate surface area is 140 Å². The van der Waals surface area contributed by atoms with Gasteiger partial charge in [0.15, 0.2) is 11.5 Å². The van der Waals surface area contributed by atoms with Gasteiger partial charge >= 0.3 is 0 Å². The van der Waals surface area contributed by atoms with E-state index < -0.39 is 0 Å². The van der Waals surface area contributed by atoms with Crippen LogP contribution >= 0.6 is 11.6 Å². The predicted molar refractivity (Wildman–Crippen MR) is 89.5 cm³/mol. The highest BCUT2D eigenvalue weighted by Gasteiger charge is 2.26. The van der Waals surface area contributed by atoms with Crippen LogP contribution in [-0.2, 0) is 6.42 Å². The van der Waals surface area contributed by atoms with Gasteiger partial charge in [-0.3, -0.25) is 4.79 Å². The molecule has 0 aliphatic heterocycles. The molecule has 2 aromatic carbocycles. The first kappa shape index (κ1) is 15.7. The molecule has 1 amide bonds. The van der Waals surface area contributed by atoms with Crippen LogP contribution in [-0.4, -0.2) is 20.1 Å². The highest BCUT2D eigenvalue weighted by Crippen LogP contribution is 2.39. The molecule has 2 aromatic rings. The highest BCUT2D eigenvalue weighted by molar-refractivity contribution is 6.30. The second-order valence-electron chi connectivity index (χ2n) is 5.48. The Morgan fingerprint density at radius 3 is 2.61 bits per heavy atom. The van der Waals surface area contributed by atoms with E-state index in [1.54, 1.807) is 38.5 Å². The third kappa shape index (κ3) is 3.13. The van der Waals surface area contributed by atoms with Crippen molar-refractivity contribution in [3.05, 3.63) is 58.1 Å². The van der Waals surface area contributed by atoms with Crippen molar-refractivity contribution in [1.29, 1.82) is 0 Å². The zero-order valence-corrected chi connectivity index (χ0v) is 13.8. The molecule has 4 nitrogen and oxygen atoms in total. The zero-order valence-electron chi connectivity index (χ0n) is 13.1. The number of ether oxygens (including phenoxy) is 2. The van der Waals surface area contributed by atoms with Gasteiger partial charge in [-0.1, -0.05) is 17.7 Å². The minimum absolute atomic E-state index is 0.0312. The van der Waals surface area contributed by atoms with Gasteiger partial charge in [0.2, 0.25) is 0 Å². The highest BCUT2D eigenvalue weighted by atomic mass is 35.5. The molecule has 23 heavy (non-hydrogen) atoms. The van der Waals surface area contributed by atoms with Gasteiger partial charge in [-0.15, -0.1) is 0 Å². The second-order valence-corrected chi connectivity index (χ2v) is 5.92. The van der Waals surface area contributed by atoms with Crippen molar-refractivity contribution in [3.8, 4) is 11.5 Å². The van der Waals surface area contributed by atoms with Crippen molar-refractivity contribution in [2.24, 2.45) is 0 Å². The van der Waals surface area contributed by atoms with E-state index in [0.29, 0.717) is 22.1 Å². The lowest BCUT2D eigenvalue weighted by Crippen LogP contribution is -2.27. The number of halogens is 1. The minimum Gasteiger partial charge on any atom is -0.493 e. The van der Waals surface area contributed by atoms with Gasteiger partial charge in [-0.05, 0) is 54.3 Å². The Bertz CT molecular complexity index is 745. The first-order valence-electron chi connectivity index (χ1n) is 7.43. The number of rotatable bonds is 4. The summed E-state index contributed by atoms with van der Waals surface area (Å²) in [6, 6.07) is 10.8. The standard InChI is InChI=1S/C18H18ClNO3/c1-22-16-9-11-6-7-15(14(11)10-17(16)23-2)20-18(21)12-4-3-5-13(19)8-12/h3-5,8-10,15H,6-7H2,1-2H3,(H,20,21). The maximum absolute atomic E-state index is 12.4. The van der Waals surface area contributed by atoms with Crippen LogP contribution in [0.15, 0.2) is 36.4 Å². The van der Waals surface area contributed by atoms with Crippen LogP contribution < -0.4 is 14.8 Å². The van der Waals surface area contributed by atoms with Crippen LogP contribution in [0.4, 0.5) is 0 Å². The summed E-state index contributed by atoms with van der Waals surface area (Å²) in [6.45, 7) is 0. The number of hydrogen-bond acceptors (Lipinski definition) is 3. The smallest absolute Gasteiger partial charge is 0.251 e. The van der Waals surface area contributed by atoms with E-state index in [0.717, 1.165) is 18.4 Å². The van der Waals surface area contributed by atoms with Crippen molar-refractivity contribution < 1.29 is 14.3 Å². The molecule has 120 valence electrons. The van der Waals surface area contributed by atoms with Crippen molar-refractivity contribution in [2.45, 2.75) is 18.9 Å². The van der Waals surface area contributed by atoms with Crippen molar-refractivity contribution in [2.75, 3.05) is 14.2 Å². The van der Waals surface area contributed by atoms with Gasteiger partial charge in [0, 0.05) is 10.6 Å². The maximum atomic E-state index is 12.4. The molecule has 1 atom stereocenters. The van der Waals surface area contributed by atoms with E-state index >= 15 is 0 Å². The summed E-state index contributed by atoms with van der Waals surface area (Å²) in [6.07, 6.45) is 1.76. The summed E-state index contributed by atoms with van der Waals surface area (Å²) < 4.78 is 10.7. The summed E-state index contributed by atoms with van der Waals surface area (Å²) >= 11 is 5.95. The summed E-state index contributed by atoms with van der Waals surface area (Å²) in [4.78, 5) is 12.4. The Morgan fingerprint density at radius 2 is 1.91 bits per heavy atom. The van der Waals surface area contributed by atoms with Crippen LogP contribution in [0, 0.1) is 0 Å². The largest absolute Gasteiger partial charge is 0.493 e. The molecular weight excluding hydrogens is 314 g/mol. The number of methoxy groups -OCH3 is 2. The van der Waals surface area contributed by atoms with E-state index in [1.807, 2.05) is 12.1 Å². The first-order valence-corrected chi connectivity index (χ1v) is 7.81. The Morgan fingerprint density at radius 1 is 1.17 bits per heavy atom. The van der Waals surface area contributed by atoms with Crippen molar-refractivity contribution >= 4 is 17.5 Å². The molecule has 0 saturated carbocycles. The molecule has 0 fully saturated rings. The molecule has 1 aliphatic carbocycles. The van der Waals surface area contributed by atoms with Crippen LogP contribution in [0.5, 0.6) is 11.5 Å². The number of carbonyl (C=O) groups excluding carboxylic acids is 1. The fourth-order valence-electron chi connectivity index (χ4n) is 2.95. The fraction of sp³-hybridized carbons (Fsp3) is 0.278. The van der Waals surface area contributed by atoms with Gasteiger partial charge in [-0.2, -0.15) is 0 Å². The molecule has 3 rings (SSSR count). The molecule has 0 saturated heterocycles. The Hall–Kier alpha value is -2.20. The number of fused-ring (bicyclic) bond motifs is 1. The lowest BCUT2D eigenvalue weighted by atomic mass is 10.1. The zero-order chi connectivity index (χ0) is 16.4. The second kappa shape index (κ2) is 6.50. The Kier molecular flexibility index (Phi) is 4.44. The normalized spacial score (nSPS) is 15.9. The third-order valence-corrected chi connectivity index (χ3v) is 4.35. The van der Waals surface area contributed by atoms with Gasteiger partial charge in [0.05, 0.1) is 20.3 Å². The summed E-state index contributed by atoms with van der Waals surface area (Å²) in [5.74, 6) is 1.27. The van der Waals surface area contributed by atoms with Crippen LogP contribution in [0.2, 0.25) is 5.02 Å². The minimum atomic E-state index is -0.125. The number of hydrogen-bond donors (Lipinski definition) is 1. The number of carbonyl (C=O) groups is 1. The van der Waals surface area contributed by atoms with E-state index in [1.165, 1.54) is 5.56 Å². The Balaban J connectivity index is 1.84. The first-order chi connectivity index (χ1) is 11.1. The van der Waals surface area contributed by atoms with Gasteiger partial charge in [-0.25, -0.2) is 0 Å². The van der Waals surface area contributed by atoms with Crippen molar-refractivity contribution in [1.82, 2.24) is 5.32 Å². The molecular formula is C18H18ClNO3. The lowest BCUT2D eigenvalue weighted by Gasteiger charge is -2.16. The van der Waals surface area contributed by atoms with E-state index in [4.69, 9.17) is 21.1 Å². The SMILES string of the molecule is COc1cc2c(cc1OC)C(NC(=O)c1cccc(Cl)c1)CC2. The predicted octanol–water partition coefficient (Wildman–Crippen LogP) is 3.77. The average Bonchev–Trinajstić information content (AvgIpc) is 2.95. The summed E-state index contributed by atoms with van der Waals surface area (Å²) in [5, 5.41) is 3.63. The summed E-state index contributed by atoms with van der Waals surface area (Å²) in [5.41, 5.74) is 2.82. The molecule has 0 spiro atoms. The van der Waals surface area contributed by atoms with Gasteiger partial charge in [0.25, 0.3) is 5.91 Å². The molecule has 0 heterocycles. The van der Waals surface area contributed by atoms with E-state index in [2.05, 4.69) is 5.32 Å². The van der Waals surface area contributed by atoms with Crippen LogP contribution in [0.25, 0.3) is 0 Å². The van der Waals surface area contributed by atoms with Crippen molar-refractivity contribution in [3.63, 3.8) is 0 Å². The quantitative estimate of drug-likeness (QED) is 0.927. The maximum Gasteiger partial charge on any atom is 0.251 e. The summed E-state index contributed by atoms with van der Waals surface area (Å²) in [7, 11) is 3.23. The molecule has 1 aliphatic rings. The average molecular weight is 332 g/mol. The number of benzene rings is 2. The molecule has 1 N–H and O–H groups in total. The van der Waals surface area contributed by atoms with Gasteiger partial charge in [0.1, 0.15) is 0 Å². The van der Waals surface area contributed by atoms with Gasteiger partial charge < -0.3 is 14.8 Å². The number of nitrogens with one attached hydrogen (secondary N) is 1. The van der Waals surface area contributed by atoms with Crippen LogP contribution in [0.3, 0.4) is 0 Å². The number of amides is 1. The molecule has 0 aromatic heterocycles. The monoisotopic (exact) mass is 331 g/mol. The number of aryl methyl sites for hydroxylation is 1. The van der Waals surface area contributed by atoms with E-state index in [9.17, 15) is 4.79 Å². The van der Waals surface area contributed by atoms with Crippen LogP contribution in [0.1, 0.15) is 33.9 Å². The lowest BCUT2D eigenvalue weighted by molar-refractivity contribution is 0.0936. The van der Waals surface area contributed by atoms with E-state index in [-0.39, 0.29) is 11.9 Å². The molecule has 0 radical (unpaired) electrons. The molecule has 5 heteroatoms. The molecule has 1 unspecified atom stereocenters. The topological polar surface area (TPSA) is 47.6 Å². The third-order valence-electron chi connectivity index (χ3n) is 4.12. The molecule has 0 bridgehead atoms. The fourth-order valence-corrected chi connectivity index (χ4v) is 3.14.